The number of carbonyl (C=O) groups is 2. The van der Waals surface area contributed by atoms with Crippen LogP contribution in [0.5, 0.6) is 5.75 Å². The van der Waals surface area contributed by atoms with E-state index < -0.39 is 28.0 Å². The molecular weight excluding hydrogens is 432 g/mol. The fraction of sp³-hybridized carbons (Fsp3) is 0.391. The second kappa shape index (κ2) is 9.70. The van der Waals surface area contributed by atoms with Crippen molar-refractivity contribution in [2.45, 2.75) is 51.2 Å². The molecule has 172 valence electrons. The van der Waals surface area contributed by atoms with Crippen molar-refractivity contribution in [3.63, 3.8) is 0 Å². The molecule has 1 aliphatic rings. The van der Waals surface area contributed by atoms with Crippen LogP contribution in [0, 0.1) is 0 Å². The zero-order valence-electron chi connectivity index (χ0n) is 18.6. The summed E-state index contributed by atoms with van der Waals surface area (Å²) in [5.41, 5.74) is 1.36. The van der Waals surface area contributed by atoms with Crippen LogP contribution in [0.25, 0.3) is 0 Å². The summed E-state index contributed by atoms with van der Waals surface area (Å²) in [5, 5.41) is 2.70. The van der Waals surface area contributed by atoms with E-state index in [2.05, 4.69) is 5.32 Å². The quantitative estimate of drug-likeness (QED) is 0.607. The van der Waals surface area contributed by atoms with Crippen LogP contribution in [0.4, 0.5) is 5.69 Å². The zero-order valence-corrected chi connectivity index (χ0v) is 19.4. The zero-order chi connectivity index (χ0) is 23.5. The van der Waals surface area contributed by atoms with Gasteiger partial charge < -0.3 is 14.8 Å². The maximum atomic E-state index is 13.0. The molecule has 32 heavy (non-hydrogen) atoms. The van der Waals surface area contributed by atoms with Crippen molar-refractivity contribution in [3.8, 4) is 5.75 Å². The molecule has 0 radical (unpaired) electrons. The van der Waals surface area contributed by atoms with Crippen LogP contribution in [0.3, 0.4) is 0 Å². The first kappa shape index (κ1) is 23.7. The number of esters is 1. The molecule has 0 fully saturated rings. The van der Waals surface area contributed by atoms with Crippen molar-refractivity contribution < 1.29 is 27.5 Å². The molecule has 0 spiro atoms. The van der Waals surface area contributed by atoms with Gasteiger partial charge in [0.05, 0.1) is 22.3 Å². The van der Waals surface area contributed by atoms with Crippen molar-refractivity contribution in [1.82, 2.24) is 4.31 Å². The number of fused-ring (bicyclic) bond motifs is 1. The van der Waals surface area contributed by atoms with Crippen molar-refractivity contribution in [1.29, 1.82) is 0 Å². The normalized spacial score (nSPS) is 15.9. The summed E-state index contributed by atoms with van der Waals surface area (Å²) in [6.45, 7) is 7.81. The number of nitrogens with zero attached hydrogens (tertiary/aromatic N) is 1. The first-order valence-corrected chi connectivity index (χ1v) is 12.0. The van der Waals surface area contributed by atoms with Crippen LogP contribution >= 0.6 is 0 Å². The smallest absolute Gasteiger partial charge is 0.339 e. The minimum atomic E-state index is -3.74. The minimum Gasteiger partial charge on any atom is -0.489 e. The predicted molar refractivity (Wildman–Crippen MR) is 120 cm³/mol. The molecule has 0 saturated heterocycles. The Hall–Kier alpha value is -2.91. The highest BCUT2D eigenvalue weighted by Crippen LogP contribution is 2.31. The Balaban J connectivity index is 1.91. The van der Waals surface area contributed by atoms with Gasteiger partial charge in [0.25, 0.3) is 5.91 Å². The summed E-state index contributed by atoms with van der Waals surface area (Å²) in [6, 6.07) is 11.3. The molecule has 1 aliphatic heterocycles. The number of benzene rings is 2. The van der Waals surface area contributed by atoms with E-state index in [0.717, 1.165) is 5.56 Å². The Kier molecular flexibility index (Phi) is 7.20. The maximum Gasteiger partial charge on any atom is 0.339 e. The number of cyclic esters (lactones) is 1. The number of nitrogens with one attached hydrogen (secondary N) is 1. The monoisotopic (exact) mass is 460 g/mol. The highest BCUT2D eigenvalue weighted by atomic mass is 32.2. The van der Waals surface area contributed by atoms with Crippen LogP contribution in [0.2, 0.25) is 0 Å². The molecule has 2 aromatic rings. The number of sulfonamides is 1. The number of carbonyl (C=O) groups excluding carboxylic acids is 2. The molecule has 1 amide bonds. The Bertz CT molecular complexity index is 1110. The third-order valence-corrected chi connectivity index (χ3v) is 7.14. The highest BCUT2D eigenvalue weighted by molar-refractivity contribution is 7.89. The van der Waals surface area contributed by atoms with Crippen molar-refractivity contribution in [3.05, 3.63) is 53.6 Å². The second-order valence-corrected chi connectivity index (χ2v) is 9.60. The van der Waals surface area contributed by atoms with Gasteiger partial charge in [-0.25, -0.2) is 13.2 Å². The first-order chi connectivity index (χ1) is 15.2. The van der Waals surface area contributed by atoms with Crippen molar-refractivity contribution >= 4 is 27.6 Å². The second-order valence-electron chi connectivity index (χ2n) is 7.66. The summed E-state index contributed by atoms with van der Waals surface area (Å²) >= 11 is 0. The number of ether oxygens (including phenoxy) is 2. The molecule has 8 nitrogen and oxygen atoms in total. The molecule has 1 heterocycles. The molecule has 3 rings (SSSR count). The van der Waals surface area contributed by atoms with E-state index in [4.69, 9.17) is 9.47 Å². The number of hydrogen-bond acceptors (Lipinski definition) is 6. The van der Waals surface area contributed by atoms with Gasteiger partial charge in [-0.1, -0.05) is 32.0 Å². The van der Waals surface area contributed by atoms with Crippen molar-refractivity contribution in [2.24, 2.45) is 0 Å². The molecule has 1 N–H and O–H groups in total. The van der Waals surface area contributed by atoms with E-state index in [9.17, 15) is 18.0 Å². The lowest BCUT2D eigenvalue weighted by Crippen LogP contribution is -2.38. The Morgan fingerprint density at radius 2 is 1.88 bits per heavy atom. The number of rotatable bonds is 8. The summed E-state index contributed by atoms with van der Waals surface area (Å²) in [5.74, 6) is -0.795. The van der Waals surface area contributed by atoms with Crippen molar-refractivity contribution in [2.75, 3.05) is 18.4 Å². The Morgan fingerprint density at radius 1 is 1.19 bits per heavy atom. The minimum absolute atomic E-state index is 0.0404. The average Bonchev–Trinajstić information content (AvgIpc) is 2.75. The molecule has 9 heteroatoms. The van der Waals surface area contributed by atoms with E-state index in [0.29, 0.717) is 24.4 Å². The van der Waals surface area contributed by atoms with Gasteiger partial charge in [0.15, 0.2) is 6.10 Å². The number of amides is 1. The van der Waals surface area contributed by atoms with E-state index in [1.54, 1.807) is 38.1 Å². The van der Waals surface area contributed by atoms with Gasteiger partial charge >= 0.3 is 5.97 Å². The van der Waals surface area contributed by atoms with Gasteiger partial charge in [-0.05, 0) is 43.7 Å². The maximum absolute atomic E-state index is 13.0. The van der Waals surface area contributed by atoms with Crippen LogP contribution in [-0.4, -0.2) is 49.9 Å². The van der Waals surface area contributed by atoms with Gasteiger partial charge in [0.2, 0.25) is 10.0 Å². The SMILES string of the molecule is CCN(CC)S(=O)(=O)c1ccc(OC(C)C)c(NC(=O)[C@@H]2Cc3ccccc3C(=O)O2)c1. The molecule has 0 saturated carbocycles. The molecule has 1 atom stereocenters. The van der Waals surface area contributed by atoms with Gasteiger partial charge in [0, 0.05) is 19.5 Å². The summed E-state index contributed by atoms with van der Waals surface area (Å²) in [6.07, 6.45) is -1.01. The van der Waals surface area contributed by atoms with Crippen LogP contribution in [0.1, 0.15) is 43.6 Å². The fourth-order valence-electron chi connectivity index (χ4n) is 3.53. The topological polar surface area (TPSA) is 102 Å². The Morgan fingerprint density at radius 3 is 2.53 bits per heavy atom. The van der Waals surface area contributed by atoms with Crippen LogP contribution in [0.15, 0.2) is 47.4 Å². The summed E-state index contributed by atoms with van der Waals surface area (Å²) in [4.78, 5) is 25.3. The standard InChI is InChI=1S/C23H28N2O6S/c1-5-25(6-2)32(28,29)17-11-12-20(30-15(3)4)19(14-17)24-22(26)21-13-16-9-7-8-10-18(16)23(27)31-21/h7-12,14-15,21H,5-6,13H2,1-4H3,(H,24,26)/t21-/m0/s1. The highest BCUT2D eigenvalue weighted by Gasteiger charge is 2.32. The van der Waals surface area contributed by atoms with Gasteiger partial charge in [-0.3, -0.25) is 4.79 Å². The third-order valence-electron chi connectivity index (χ3n) is 5.10. The van der Waals surface area contributed by atoms with E-state index in [-0.39, 0.29) is 23.1 Å². The average molecular weight is 461 g/mol. The molecule has 0 unspecified atom stereocenters. The largest absolute Gasteiger partial charge is 0.489 e. The fourth-order valence-corrected chi connectivity index (χ4v) is 5.01. The Labute approximate surface area is 188 Å². The van der Waals surface area contributed by atoms with E-state index >= 15 is 0 Å². The van der Waals surface area contributed by atoms with Crippen LogP contribution < -0.4 is 10.1 Å². The van der Waals surface area contributed by atoms with E-state index in [1.165, 1.54) is 22.5 Å². The molecule has 0 aliphatic carbocycles. The molecular formula is C23H28N2O6S. The molecule has 0 bridgehead atoms. The van der Waals surface area contributed by atoms with Crippen LogP contribution in [-0.2, 0) is 26.0 Å². The molecule has 2 aromatic carbocycles. The summed E-state index contributed by atoms with van der Waals surface area (Å²) in [7, 11) is -3.74. The first-order valence-electron chi connectivity index (χ1n) is 10.6. The number of anilines is 1. The lowest BCUT2D eigenvalue weighted by Gasteiger charge is -2.25. The lowest BCUT2D eigenvalue weighted by molar-refractivity contribution is -0.125. The lowest BCUT2D eigenvalue weighted by atomic mass is 9.98. The van der Waals surface area contributed by atoms with E-state index in [1.807, 2.05) is 13.8 Å². The summed E-state index contributed by atoms with van der Waals surface area (Å²) < 4.78 is 38.3. The molecule has 0 aromatic heterocycles. The number of hydrogen-bond donors (Lipinski definition) is 1. The van der Waals surface area contributed by atoms with Gasteiger partial charge in [0.1, 0.15) is 5.75 Å². The van der Waals surface area contributed by atoms with Gasteiger partial charge in [-0.2, -0.15) is 4.31 Å². The predicted octanol–water partition coefficient (Wildman–Crippen LogP) is 3.22. The third kappa shape index (κ3) is 4.94. The van der Waals surface area contributed by atoms with Gasteiger partial charge in [-0.15, -0.1) is 0 Å².